The lowest BCUT2D eigenvalue weighted by molar-refractivity contribution is 0.327. The van der Waals surface area contributed by atoms with E-state index in [1.54, 1.807) is 6.07 Å². The Kier molecular flexibility index (Phi) is 4.58. The number of anilines is 1. The van der Waals surface area contributed by atoms with E-state index in [4.69, 9.17) is 5.73 Å². The fourth-order valence-corrected chi connectivity index (χ4v) is 3.76. The highest BCUT2D eigenvalue weighted by Crippen LogP contribution is 2.37. The summed E-state index contributed by atoms with van der Waals surface area (Å²) in [5.41, 5.74) is 9.38. The average Bonchev–Trinajstić information content (AvgIpc) is 2.80. The quantitative estimate of drug-likeness (QED) is 0.746. The minimum absolute atomic E-state index is 0.147. The summed E-state index contributed by atoms with van der Waals surface area (Å²) in [6.07, 6.45) is 0.655. The molecule has 0 fully saturated rings. The number of halogens is 2. The van der Waals surface area contributed by atoms with Gasteiger partial charge >= 0.3 is 0 Å². The highest BCUT2D eigenvalue weighted by Gasteiger charge is 2.27. The summed E-state index contributed by atoms with van der Waals surface area (Å²) in [6.45, 7) is 1.46. The average molecular weight is 366 g/mol. The van der Waals surface area contributed by atoms with Crippen LogP contribution >= 0.6 is 0 Å². The third kappa shape index (κ3) is 3.40. The molecule has 3 aromatic rings. The van der Waals surface area contributed by atoms with Crippen LogP contribution in [0, 0.1) is 11.6 Å². The molecule has 0 aliphatic carbocycles. The summed E-state index contributed by atoms with van der Waals surface area (Å²) < 4.78 is 28.9. The molecule has 0 amide bonds. The minimum atomic E-state index is -0.496. The molecule has 1 atom stereocenters. The summed E-state index contributed by atoms with van der Waals surface area (Å²) in [7, 11) is 2.01. The lowest BCUT2D eigenvalue weighted by Crippen LogP contribution is -2.17. The zero-order valence-electron chi connectivity index (χ0n) is 15.0. The Morgan fingerprint density at radius 2 is 1.81 bits per heavy atom. The summed E-state index contributed by atoms with van der Waals surface area (Å²) in [5.74, 6) is -0.950. The minimum Gasteiger partial charge on any atom is -0.382 e. The molecular formula is C21H20F2N4. The molecular weight excluding hydrogens is 346 g/mol. The number of nitrogens with zero attached hydrogens (tertiary/aromatic N) is 3. The van der Waals surface area contributed by atoms with E-state index in [0.717, 1.165) is 23.2 Å². The molecule has 2 heterocycles. The molecule has 27 heavy (non-hydrogen) atoms. The van der Waals surface area contributed by atoms with Gasteiger partial charge in [-0.2, -0.15) is 0 Å². The molecule has 2 N–H and O–H groups in total. The molecule has 138 valence electrons. The van der Waals surface area contributed by atoms with Crippen LogP contribution in [0.2, 0.25) is 0 Å². The lowest BCUT2D eigenvalue weighted by Gasteiger charge is -2.19. The van der Waals surface area contributed by atoms with Crippen LogP contribution in [0.3, 0.4) is 0 Å². The van der Waals surface area contributed by atoms with Gasteiger partial charge in [-0.25, -0.2) is 8.78 Å². The molecule has 0 spiro atoms. The van der Waals surface area contributed by atoms with Crippen molar-refractivity contribution in [3.05, 3.63) is 76.9 Å². The maximum Gasteiger partial charge on any atom is 0.146 e. The molecule has 1 aliphatic heterocycles. The van der Waals surface area contributed by atoms with E-state index in [1.807, 2.05) is 31.3 Å². The van der Waals surface area contributed by atoms with Gasteiger partial charge in [0.25, 0.3) is 0 Å². The normalized spacial score (nSPS) is 17.4. The van der Waals surface area contributed by atoms with Crippen molar-refractivity contribution in [3.8, 4) is 11.3 Å². The SMILES string of the molecule is CN1CCC(c2c(F)cccc2F)c2ccc(-c3ccc(N)nn3)cc2C1. The maximum atomic E-state index is 14.5. The van der Waals surface area contributed by atoms with Crippen LogP contribution in [0.15, 0.2) is 48.5 Å². The monoisotopic (exact) mass is 366 g/mol. The highest BCUT2D eigenvalue weighted by atomic mass is 19.1. The predicted octanol–water partition coefficient (Wildman–Crippen LogP) is 3.97. The molecule has 4 rings (SSSR count). The van der Waals surface area contributed by atoms with Gasteiger partial charge < -0.3 is 10.6 Å². The van der Waals surface area contributed by atoms with Crippen molar-refractivity contribution in [2.45, 2.75) is 18.9 Å². The Balaban J connectivity index is 1.82. The Bertz CT molecular complexity index is 952. The molecule has 1 aliphatic rings. The number of fused-ring (bicyclic) bond motifs is 1. The molecule has 2 aromatic carbocycles. The summed E-state index contributed by atoms with van der Waals surface area (Å²) in [5, 5.41) is 8.04. The van der Waals surface area contributed by atoms with Gasteiger partial charge in [-0.1, -0.05) is 18.2 Å². The molecule has 6 heteroatoms. The number of hydrogen-bond donors (Lipinski definition) is 1. The van der Waals surface area contributed by atoms with Gasteiger partial charge in [0.05, 0.1) is 5.69 Å². The van der Waals surface area contributed by atoms with Crippen molar-refractivity contribution in [1.82, 2.24) is 15.1 Å². The van der Waals surface area contributed by atoms with Gasteiger partial charge in [-0.3, -0.25) is 0 Å². The van der Waals surface area contributed by atoms with Gasteiger partial charge in [0.2, 0.25) is 0 Å². The number of rotatable bonds is 2. The van der Waals surface area contributed by atoms with Crippen LogP contribution in [0.5, 0.6) is 0 Å². The summed E-state index contributed by atoms with van der Waals surface area (Å²) in [4.78, 5) is 2.16. The smallest absolute Gasteiger partial charge is 0.146 e. The van der Waals surface area contributed by atoms with Crippen LogP contribution in [-0.2, 0) is 6.54 Å². The van der Waals surface area contributed by atoms with Crippen LogP contribution < -0.4 is 5.73 Å². The zero-order chi connectivity index (χ0) is 19.0. The van der Waals surface area contributed by atoms with Crippen LogP contribution in [0.1, 0.15) is 29.0 Å². The van der Waals surface area contributed by atoms with E-state index in [0.29, 0.717) is 24.5 Å². The van der Waals surface area contributed by atoms with Crippen molar-refractivity contribution < 1.29 is 8.78 Å². The second-order valence-electron chi connectivity index (χ2n) is 6.97. The molecule has 1 aromatic heterocycles. The zero-order valence-corrected chi connectivity index (χ0v) is 15.0. The molecule has 0 saturated heterocycles. The number of benzene rings is 2. The summed E-state index contributed by atoms with van der Waals surface area (Å²) in [6, 6.07) is 13.5. The van der Waals surface area contributed by atoms with E-state index in [2.05, 4.69) is 15.1 Å². The van der Waals surface area contributed by atoms with Crippen molar-refractivity contribution >= 4 is 5.82 Å². The van der Waals surface area contributed by atoms with Crippen molar-refractivity contribution in [2.24, 2.45) is 0 Å². The van der Waals surface area contributed by atoms with Crippen LogP contribution in [0.25, 0.3) is 11.3 Å². The lowest BCUT2D eigenvalue weighted by atomic mass is 9.85. The van der Waals surface area contributed by atoms with Gasteiger partial charge in [0.1, 0.15) is 17.5 Å². The molecule has 4 nitrogen and oxygen atoms in total. The van der Waals surface area contributed by atoms with Crippen molar-refractivity contribution in [3.63, 3.8) is 0 Å². The topological polar surface area (TPSA) is 55.0 Å². The highest BCUT2D eigenvalue weighted by molar-refractivity contribution is 5.62. The van der Waals surface area contributed by atoms with Crippen molar-refractivity contribution in [1.29, 1.82) is 0 Å². The third-order valence-electron chi connectivity index (χ3n) is 5.09. The maximum absolute atomic E-state index is 14.5. The second kappa shape index (κ2) is 7.04. The van der Waals surface area contributed by atoms with Gasteiger partial charge in [-0.15, -0.1) is 10.2 Å². The van der Waals surface area contributed by atoms with Gasteiger partial charge in [0, 0.05) is 23.6 Å². The second-order valence-corrected chi connectivity index (χ2v) is 6.97. The first-order valence-electron chi connectivity index (χ1n) is 8.88. The number of nitrogen functional groups attached to an aromatic ring is 1. The summed E-state index contributed by atoms with van der Waals surface area (Å²) >= 11 is 0. The largest absolute Gasteiger partial charge is 0.382 e. The number of hydrogen-bond acceptors (Lipinski definition) is 4. The van der Waals surface area contributed by atoms with E-state index in [-0.39, 0.29) is 11.5 Å². The number of nitrogens with two attached hydrogens (primary N) is 1. The van der Waals surface area contributed by atoms with Gasteiger partial charge in [0.15, 0.2) is 0 Å². The van der Waals surface area contributed by atoms with Crippen LogP contribution in [-0.4, -0.2) is 28.7 Å². The first-order chi connectivity index (χ1) is 13.0. The number of aromatic nitrogens is 2. The first-order valence-corrected chi connectivity index (χ1v) is 8.88. The fraction of sp³-hybridized carbons (Fsp3) is 0.238. The van der Waals surface area contributed by atoms with E-state index >= 15 is 0 Å². The van der Waals surface area contributed by atoms with E-state index < -0.39 is 11.6 Å². The first kappa shape index (κ1) is 17.5. The predicted molar refractivity (Wildman–Crippen MR) is 101 cm³/mol. The molecule has 0 radical (unpaired) electrons. The molecule has 1 unspecified atom stereocenters. The fourth-order valence-electron chi connectivity index (χ4n) is 3.76. The van der Waals surface area contributed by atoms with Gasteiger partial charge in [-0.05, 0) is 61.5 Å². The van der Waals surface area contributed by atoms with E-state index in [9.17, 15) is 8.78 Å². The standard InChI is InChI=1S/C21H20F2N4/c1-27-10-9-16(21-17(22)3-2-4-18(21)23)15-6-5-13(11-14(15)12-27)19-7-8-20(24)26-25-19/h2-8,11,16H,9-10,12H2,1H3,(H2,24,26). The molecule has 0 bridgehead atoms. The Morgan fingerprint density at radius 1 is 1.04 bits per heavy atom. The Labute approximate surface area is 156 Å². The Hall–Kier alpha value is -2.86. The Morgan fingerprint density at radius 3 is 2.52 bits per heavy atom. The third-order valence-corrected chi connectivity index (χ3v) is 5.09. The van der Waals surface area contributed by atoms with Crippen molar-refractivity contribution in [2.75, 3.05) is 19.3 Å². The van der Waals surface area contributed by atoms with Crippen LogP contribution in [0.4, 0.5) is 14.6 Å². The van der Waals surface area contributed by atoms with E-state index in [1.165, 1.54) is 18.2 Å². The molecule has 0 saturated carbocycles.